The minimum absolute atomic E-state index is 0.0361. The van der Waals surface area contributed by atoms with Crippen LogP contribution in [0.3, 0.4) is 0 Å². The van der Waals surface area contributed by atoms with Gasteiger partial charge >= 0.3 is 0 Å². The van der Waals surface area contributed by atoms with Gasteiger partial charge in [-0.15, -0.1) is 0 Å². The topological polar surface area (TPSA) is 58.6 Å². The number of ether oxygens (including phenoxy) is 1. The van der Waals surface area contributed by atoms with E-state index in [2.05, 4.69) is 5.32 Å². The minimum atomic E-state index is -0.775. The van der Waals surface area contributed by atoms with Gasteiger partial charge in [0.2, 0.25) is 5.91 Å². The maximum atomic E-state index is 13.7. The molecular formula is C20H21Cl2FN2O3. The Bertz CT molecular complexity index is 848. The fourth-order valence-corrected chi connectivity index (χ4v) is 2.99. The van der Waals surface area contributed by atoms with Crippen molar-refractivity contribution in [3.63, 3.8) is 0 Å². The van der Waals surface area contributed by atoms with E-state index in [0.29, 0.717) is 22.2 Å². The van der Waals surface area contributed by atoms with Gasteiger partial charge in [-0.05, 0) is 43.7 Å². The molecule has 2 aromatic carbocycles. The molecule has 0 fully saturated rings. The van der Waals surface area contributed by atoms with Crippen LogP contribution in [0.1, 0.15) is 19.4 Å². The predicted molar refractivity (Wildman–Crippen MR) is 107 cm³/mol. The number of likely N-dealkylation sites (N-methyl/N-ethyl adjacent to an activating group) is 1. The summed E-state index contributed by atoms with van der Waals surface area (Å²) in [7, 11) is 0. The van der Waals surface area contributed by atoms with Crippen LogP contribution in [0.4, 0.5) is 4.39 Å². The van der Waals surface area contributed by atoms with Crippen LogP contribution in [-0.4, -0.2) is 35.9 Å². The maximum Gasteiger partial charge on any atom is 0.261 e. The summed E-state index contributed by atoms with van der Waals surface area (Å²) in [5, 5.41) is 3.53. The number of benzene rings is 2. The quantitative estimate of drug-likeness (QED) is 0.691. The second-order valence-electron chi connectivity index (χ2n) is 6.05. The average Bonchev–Trinajstić information content (AvgIpc) is 2.66. The van der Waals surface area contributed by atoms with Crippen molar-refractivity contribution >= 4 is 35.0 Å². The largest absolute Gasteiger partial charge is 0.481 e. The monoisotopic (exact) mass is 426 g/mol. The first-order chi connectivity index (χ1) is 13.3. The zero-order valence-corrected chi connectivity index (χ0v) is 17.1. The van der Waals surface area contributed by atoms with Gasteiger partial charge in [0.05, 0.1) is 0 Å². The van der Waals surface area contributed by atoms with Crippen molar-refractivity contribution in [3.8, 4) is 5.75 Å². The molecule has 5 nitrogen and oxygen atoms in total. The van der Waals surface area contributed by atoms with Crippen molar-refractivity contribution in [1.82, 2.24) is 10.2 Å². The van der Waals surface area contributed by atoms with E-state index in [9.17, 15) is 14.0 Å². The normalized spacial score (nSPS) is 11.6. The summed E-state index contributed by atoms with van der Waals surface area (Å²) >= 11 is 12.1. The van der Waals surface area contributed by atoms with Crippen LogP contribution in [0, 0.1) is 5.82 Å². The lowest BCUT2D eigenvalue weighted by Crippen LogP contribution is -2.49. The van der Waals surface area contributed by atoms with Crippen molar-refractivity contribution in [1.29, 1.82) is 0 Å². The second kappa shape index (κ2) is 10.3. The standard InChI is InChI=1S/C20H21Cl2FN2O3/c1-3-24-20(27)13(2)25(11-14-8-9-15(21)10-16(14)22)19(26)12-28-18-7-5-4-6-17(18)23/h4-10,13H,3,11-12H2,1-2H3,(H,24,27). The van der Waals surface area contributed by atoms with Gasteiger partial charge in [-0.3, -0.25) is 9.59 Å². The van der Waals surface area contributed by atoms with E-state index >= 15 is 0 Å². The zero-order chi connectivity index (χ0) is 20.7. The fraction of sp³-hybridized carbons (Fsp3) is 0.300. The lowest BCUT2D eigenvalue weighted by atomic mass is 10.1. The van der Waals surface area contributed by atoms with Gasteiger partial charge < -0.3 is 15.0 Å². The molecule has 0 saturated heterocycles. The summed E-state index contributed by atoms with van der Waals surface area (Å²) in [5.41, 5.74) is 0.626. The van der Waals surface area contributed by atoms with Crippen molar-refractivity contribution in [2.45, 2.75) is 26.4 Å². The molecular weight excluding hydrogens is 406 g/mol. The fourth-order valence-electron chi connectivity index (χ4n) is 2.52. The molecule has 0 bridgehead atoms. The lowest BCUT2D eigenvalue weighted by molar-refractivity contribution is -0.142. The van der Waals surface area contributed by atoms with Crippen molar-refractivity contribution in [2.24, 2.45) is 0 Å². The summed E-state index contributed by atoms with van der Waals surface area (Å²) in [6.07, 6.45) is 0. The number of nitrogens with zero attached hydrogens (tertiary/aromatic N) is 1. The molecule has 1 unspecified atom stereocenters. The van der Waals surface area contributed by atoms with Crippen LogP contribution in [0.15, 0.2) is 42.5 Å². The third kappa shape index (κ3) is 5.84. The number of para-hydroxylation sites is 1. The molecule has 2 rings (SSSR count). The number of halogens is 3. The molecule has 0 spiro atoms. The summed E-state index contributed by atoms with van der Waals surface area (Å²) in [4.78, 5) is 26.4. The van der Waals surface area contributed by atoms with Gasteiger partial charge in [-0.25, -0.2) is 4.39 Å². The first kappa shape index (κ1) is 22.0. The highest BCUT2D eigenvalue weighted by Gasteiger charge is 2.27. The molecule has 0 aliphatic heterocycles. The second-order valence-corrected chi connectivity index (χ2v) is 6.89. The molecule has 0 aromatic heterocycles. The predicted octanol–water partition coefficient (Wildman–Crippen LogP) is 4.06. The van der Waals surface area contributed by atoms with Crippen LogP contribution in [0.2, 0.25) is 10.0 Å². The third-order valence-electron chi connectivity index (χ3n) is 4.06. The number of rotatable bonds is 8. The van der Waals surface area contributed by atoms with E-state index < -0.39 is 24.4 Å². The highest BCUT2D eigenvalue weighted by molar-refractivity contribution is 6.35. The van der Waals surface area contributed by atoms with E-state index in [-0.39, 0.29) is 18.2 Å². The Morgan fingerprint density at radius 2 is 1.93 bits per heavy atom. The highest BCUT2D eigenvalue weighted by Crippen LogP contribution is 2.23. The molecule has 8 heteroatoms. The number of amides is 2. The van der Waals surface area contributed by atoms with Crippen LogP contribution in [0.5, 0.6) is 5.75 Å². The molecule has 2 amide bonds. The van der Waals surface area contributed by atoms with Gasteiger partial charge in [-0.1, -0.05) is 41.4 Å². The number of carbonyl (C=O) groups is 2. The number of hydrogen-bond donors (Lipinski definition) is 1. The Kier molecular flexibility index (Phi) is 8.08. The van der Waals surface area contributed by atoms with Crippen molar-refractivity contribution in [3.05, 3.63) is 63.9 Å². The molecule has 28 heavy (non-hydrogen) atoms. The highest BCUT2D eigenvalue weighted by atomic mass is 35.5. The number of nitrogens with one attached hydrogen (secondary N) is 1. The molecule has 2 aromatic rings. The summed E-state index contributed by atoms with van der Waals surface area (Å²) < 4.78 is 19.0. The lowest BCUT2D eigenvalue weighted by Gasteiger charge is -2.29. The maximum absolute atomic E-state index is 13.7. The Morgan fingerprint density at radius 3 is 2.57 bits per heavy atom. The smallest absolute Gasteiger partial charge is 0.261 e. The minimum Gasteiger partial charge on any atom is -0.481 e. The SMILES string of the molecule is CCNC(=O)C(C)N(Cc1ccc(Cl)cc1Cl)C(=O)COc1ccccc1F. The third-order valence-corrected chi connectivity index (χ3v) is 4.65. The Morgan fingerprint density at radius 1 is 1.21 bits per heavy atom. The first-order valence-corrected chi connectivity index (χ1v) is 9.47. The van der Waals surface area contributed by atoms with Crippen LogP contribution < -0.4 is 10.1 Å². The Balaban J connectivity index is 2.20. The van der Waals surface area contributed by atoms with Gasteiger partial charge in [0, 0.05) is 23.1 Å². The van der Waals surface area contributed by atoms with E-state index in [0.717, 1.165) is 0 Å². The van der Waals surface area contributed by atoms with Crippen LogP contribution in [-0.2, 0) is 16.1 Å². The van der Waals surface area contributed by atoms with Gasteiger partial charge in [0.25, 0.3) is 5.91 Å². The van der Waals surface area contributed by atoms with E-state index in [4.69, 9.17) is 27.9 Å². The molecule has 1 N–H and O–H groups in total. The number of carbonyl (C=O) groups excluding carboxylic acids is 2. The first-order valence-electron chi connectivity index (χ1n) is 8.72. The molecule has 0 aliphatic carbocycles. The molecule has 1 atom stereocenters. The Labute approximate surface area is 173 Å². The molecule has 0 saturated carbocycles. The average molecular weight is 427 g/mol. The Hall–Kier alpha value is -2.31. The molecule has 0 heterocycles. The van der Waals surface area contributed by atoms with Gasteiger partial charge in [-0.2, -0.15) is 0 Å². The molecule has 150 valence electrons. The van der Waals surface area contributed by atoms with Crippen LogP contribution in [0.25, 0.3) is 0 Å². The summed E-state index contributed by atoms with van der Waals surface area (Å²) in [6.45, 7) is 3.48. The van der Waals surface area contributed by atoms with E-state index in [1.54, 1.807) is 38.1 Å². The van der Waals surface area contributed by atoms with Crippen molar-refractivity contribution in [2.75, 3.05) is 13.2 Å². The van der Waals surface area contributed by atoms with E-state index in [1.165, 1.54) is 23.1 Å². The van der Waals surface area contributed by atoms with Gasteiger partial charge in [0.15, 0.2) is 18.2 Å². The zero-order valence-electron chi connectivity index (χ0n) is 15.5. The summed E-state index contributed by atoms with van der Waals surface area (Å²) in [6, 6.07) is 9.92. The summed E-state index contributed by atoms with van der Waals surface area (Å²) in [5.74, 6) is -1.40. The molecule has 0 radical (unpaired) electrons. The van der Waals surface area contributed by atoms with E-state index in [1.807, 2.05) is 0 Å². The molecule has 0 aliphatic rings. The van der Waals surface area contributed by atoms with Crippen molar-refractivity contribution < 1.29 is 18.7 Å². The van der Waals surface area contributed by atoms with Gasteiger partial charge in [0.1, 0.15) is 6.04 Å². The van der Waals surface area contributed by atoms with Crippen LogP contribution >= 0.6 is 23.2 Å². The number of hydrogen-bond acceptors (Lipinski definition) is 3.